The highest BCUT2D eigenvalue weighted by Crippen LogP contribution is 2.24. The molecule has 0 bridgehead atoms. The van der Waals surface area contributed by atoms with E-state index in [9.17, 15) is 17.6 Å². The first-order valence-corrected chi connectivity index (χ1v) is 12.8. The molecule has 0 aromatic heterocycles. The van der Waals surface area contributed by atoms with Gasteiger partial charge in [0.25, 0.3) is 0 Å². The highest BCUT2D eigenvalue weighted by Gasteiger charge is 2.21. The van der Waals surface area contributed by atoms with Gasteiger partial charge in [-0.05, 0) is 54.5 Å². The summed E-state index contributed by atoms with van der Waals surface area (Å²) >= 11 is 4.97. The normalized spacial score (nSPS) is 11.3. The SMILES string of the molecule is Cc1cc(N(CC(=O)NCCCSCc2ccccc2F)S(C)(=O)=O)ccc1Br. The molecule has 0 saturated carbocycles. The van der Waals surface area contributed by atoms with Gasteiger partial charge in [0.1, 0.15) is 12.4 Å². The molecule has 5 nitrogen and oxygen atoms in total. The first-order valence-electron chi connectivity index (χ1n) is 9.00. The summed E-state index contributed by atoms with van der Waals surface area (Å²) in [4.78, 5) is 12.2. The number of hydrogen-bond acceptors (Lipinski definition) is 4. The van der Waals surface area contributed by atoms with Crippen LogP contribution in [0.5, 0.6) is 0 Å². The van der Waals surface area contributed by atoms with Crippen LogP contribution in [0.15, 0.2) is 46.9 Å². The number of nitrogens with one attached hydrogen (secondary N) is 1. The van der Waals surface area contributed by atoms with Crippen molar-refractivity contribution in [3.63, 3.8) is 0 Å². The Morgan fingerprint density at radius 1 is 1.24 bits per heavy atom. The number of benzene rings is 2. The summed E-state index contributed by atoms with van der Waals surface area (Å²) in [5.74, 6) is 0.759. The van der Waals surface area contributed by atoms with Gasteiger partial charge in [-0.1, -0.05) is 34.1 Å². The van der Waals surface area contributed by atoms with Crippen LogP contribution < -0.4 is 9.62 Å². The molecule has 0 heterocycles. The summed E-state index contributed by atoms with van der Waals surface area (Å²) in [6.07, 6.45) is 1.79. The maximum atomic E-state index is 13.5. The summed E-state index contributed by atoms with van der Waals surface area (Å²) in [6.45, 7) is 2.01. The van der Waals surface area contributed by atoms with E-state index in [0.717, 1.165) is 26.4 Å². The third-order valence-electron chi connectivity index (χ3n) is 4.12. The van der Waals surface area contributed by atoms with Crippen LogP contribution in [0.1, 0.15) is 17.5 Å². The van der Waals surface area contributed by atoms with Gasteiger partial charge in [-0.25, -0.2) is 12.8 Å². The van der Waals surface area contributed by atoms with E-state index in [1.807, 2.05) is 6.92 Å². The van der Waals surface area contributed by atoms with Gasteiger partial charge < -0.3 is 5.32 Å². The van der Waals surface area contributed by atoms with Crippen molar-refractivity contribution in [2.24, 2.45) is 0 Å². The van der Waals surface area contributed by atoms with Gasteiger partial charge in [0, 0.05) is 16.8 Å². The lowest BCUT2D eigenvalue weighted by Gasteiger charge is -2.22. The summed E-state index contributed by atoms with van der Waals surface area (Å²) in [5.41, 5.74) is 1.99. The van der Waals surface area contributed by atoms with E-state index in [-0.39, 0.29) is 18.3 Å². The summed E-state index contributed by atoms with van der Waals surface area (Å²) in [5, 5.41) is 2.75. The van der Waals surface area contributed by atoms with E-state index in [4.69, 9.17) is 0 Å². The molecular weight excluding hydrogens is 479 g/mol. The fraction of sp³-hybridized carbons (Fsp3) is 0.350. The molecule has 0 unspecified atom stereocenters. The van der Waals surface area contributed by atoms with Gasteiger partial charge in [0.2, 0.25) is 15.9 Å². The van der Waals surface area contributed by atoms with Crippen LogP contribution in [0.4, 0.5) is 10.1 Å². The Balaban J connectivity index is 1.80. The fourth-order valence-corrected chi connectivity index (χ4v) is 4.61. The number of nitrogens with zero attached hydrogens (tertiary/aromatic N) is 1. The van der Waals surface area contributed by atoms with E-state index in [2.05, 4.69) is 21.2 Å². The van der Waals surface area contributed by atoms with Crippen LogP contribution >= 0.6 is 27.7 Å². The van der Waals surface area contributed by atoms with E-state index >= 15 is 0 Å². The highest BCUT2D eigenvalue weighted by molar-refractivity contribution is 9.10. The van der Waals surface area contributed by atoms with Crippen molar-refractivity contribution in [3.05, 3.63) is 63.9 Å². The van der Waals surface area contributed by atoms with Crippen molar-refractivity contribution in [2.75, 3.05) is 29.4 Å². The molecule has 2 aromatic rings. The third-order valence-corrected chi connectivity index (χ3v) is 7.24. The second-order valence-corrected chi connectivity index (χ2v) is 10.4. The van der Waals surface area contributed by atoms with Crippen molar-refractivity contribution in [2.45, 2.75) is 19.1 Å². The Morgan fingerprint density at radius 2 is 1.97 bits per heavy atom. The molecule has 9 heteroatoms. The Bertz CT molecular complexity index is 954. The fourth-order valence-electron chi connectivity index (χ4n) is 2.57. The molecule has 0 radical (unpaired) electrons. The number of hydrogen-bond donors (Lipinski definition) is 1. The molecule has 2 aromatic carbocycles. The lowest BCUT2D eigenvalue weighted by atomic mass is 10.2. The van der Waals surface area contributed by atoms with Crippen LogP contribution in [0.3, 0.4) is 0 Å². The quantitative estimate of drug-likeness (QED) is 0.496. The van der Waals surface area contributed by atoms with E-state index < -0.39 is 10.0 Å². The molecular formula is C20H24BrFN2O3S2. The van der Waals surface area contributed by atoms with Crippen molar-refractivity contribution in [3.8, 4) is 0 Å². The minimum absolute atomic E-state index is 0.211. The molecule has 1 amide bonds. The van der Waals surface area contributed by atoms with Gasteiger partial charge in [0.05, 0.1) is 11.9 Å². The molecule has 0 saturated heterocycles. The average Bonchev–Trinajstić information content (AvgIpc) is 2.65. The van der Waals surface area contributed by atoms with Gasteiger partial charge in [-0.2, -0.15) is 11.8 Å². The Hall–Kier alpha value is -1.58. The van der Waals surface area contributed by atoms with E-state index in [1.54, 1.807) is 48.2 Å². The van der Waals surface area contributed by atoms with Gasteiger partial charge in [-0.3, -0.25) is 9.10 Å². The lowest BCUT2D eigenvalue weighted by Crippen LogP contribution is -2.40. The smallest absolute Gasteiger partial charge is 0.240 e. The minimum Gasteiger partial charge on any atom is -0.354 e. The number of thioether (sulfide) groups is 1. The number of aryl methyl sites for hydroxylation is 1. The summed E-state index contributed by atoms with van der Waals surface area (Å²) in [6, 6.07) is 11.8. The molecule has 0 aliphatic heterocycles. The van der Waals surface area contributed by atoms with Crippen LogP contribution in [-0.4, -0.2) is 39.4 Å². The van der Waals surface area contributed by atoms with Crippen LogP contribution in [-0.2, 0) is 20.6 Å². The van der Waals surface area contributed by atoms with Gasteiger partial charge >= 0.3 is 0 Å². The number of amides is 1. The second-order valence-electron chi connectivity index (χ2n) is 6.55. The Morgan fingerprint density at radius 3 is 2.62 bits per heavy atom. The average molecular weight is 503 g/mol. The van der Waals surface area contributed by atoms with E-state index in [0.29, 0.717) is 30.0 Å². The number of carbonyl (C=O) groups excluding carboxylic acids is 1. The van der Waals surface area contributed by atoms with Gasteiger partial charge in [-0.15, -0.1) is 0 Å². The molecule has 0 atom stereocenters. The first-order chi connectivity index (χ1) is 13.7. The predicted octanol–water partition coefficient (Wildman–Crippen LogP) is 4.10. The zero-order valence-corrected chi connectivity index (χ0v) is 19.5. The Kier molecular flexibility index (Phi) is 8.98. The maximum absolute atomic E-state index is 13.5. The zero-order valence-electron chi connectivity index (χ0n) is 16.3. The number of anilines is 1. The standard InChI is InChI=1S/C20H24BrFN2O3S2/c1-15-12-17(8-9-18(15)21)24(29(2,26)27)13-20(25)23-10-5-11-28-14-16-6-3-4-7-19(16)22/h3-4,6-9,12H,5,10-11,13-14H2,1-2H3,(H,23,25). The monoisotopic (exact) mass is 502 g/mol. The van der Waals surface area contributed by atoms with Crippen LogP contribution in [0.25, 0.3) is 0 Å². The number of rotatable bonds is 10. The van der Waals surface area contributed by atoms with Crippen LogP contribution in [0, 0.1) is 12.7 Å². The maximum Gasteiger partial charge on any atom is 0.240 e. The minimum atomic E-state index is -3.60. The molecule has 1 N–H and O–H groups in total. The first kappa shape index (κ1) is 23.7. The topological polar surface area (TPSA) is 66.5 Å². The van der Waals surface area contributed by atoms with Crippen molar-refractivity contribution >= 4 is 49.3 Å². The molecule has 0 aliphatic carbocycles. The largest absolute Gasteiger partial charge is 0.354 e. The number of sulfonamides is 1. The molecule has 158 valence electrons. The predicted molar refractivity (Wildman–Crippen MR) is 121 cm³/mol. The number of halogens is 2. The van der Waals surface area contributed by atoms with Gasteiger partial charge in [0.15, 0.2) is 0 Å². The van der Waals surface area contributed by atoms with Crippen molar-refractivity contribution in [1.29, 1.82) is 0 Å². The molecule has 0 fully saturated rings. The lowest BCUT2D eigenvalue weighted by molar-refractivity contribution is -0.119. The summed E-state index contributed by atoms with van der Waals surface area (Å²) in [7, 11) is -3.60. The summed E-state index contributed by atoms with van der Waals surface area (Å²) < 4.78 is 39.8. The molecule has 29 heavy (non-hydrogen) atoms. The molecule has 0 aliphatic rings. The number of carbonyl (C=O) groups is 1. The molecule has 2 rings (SSSR count). The second kappa shape index (κ2) is 11.0. The van der Waals surface area contributed by atoms with Crippen molar-refractivity contribution < 1.29 is 17.6 Å². The zero-order chi connectivity index (χ0) is 21.4. The van der Waals surface area contributed by atoms with E-state index in [1.165, 1.54) is 6.07 Å². The van der Waals surface area contributed by atoms with Crippen molar-refractivity contribution in [1.82, 2.24) is 5.32 Å². The third kappa shape index (κ3) is 7.64. The van der Waals surface area contributed by atoms with Crippen LogP contribution in [0.2, 0.25) is 0 Å². The molecule has 0 spiro atoms. The Labute approximate surface area is 184 Å². The highest BCUT2D eigenvalue weighted by atomic mass is 79.9.